The number of benzene rings is 1. The van der Waals surface area contributed by atoms with Crippen LogP contribution in [0.4, 0.5) is 0 Å². The van der Waals surface area contributed by atoms with E-state index in [0.29, 0.717) is 5.71 Å². The summed E-state index contributed by atoms with van der Waals surface area (Å²) >= 11 is 1.66. The number of nitrogens with zero attached hydrogens (tertiary/aromatic N) is 1. The first-order valence-electron chi connectivity index (χ1n) is 6.21. The number of hydrogen-bond donors (Lipinski definition) is 0. The molecule has 0 saturated heterocycles. The van der Waals surface area contributed by atoms with Gasteiger partial charge in [-0.1, -0.05) is 30.3 Å². The Hall–Kier alpha value is -1.66. The van der Waals surface area contributed by atoms with Crippen molar-refractivity contribution in [2.75, 3.05) is 0 Å². The van der Waals surface area contributed by atoms with E-state index in [1.165, 1.54) is 17.0 Å². The molecule has 0 amide bonds. The molecule has 6 heteroatoms. The van der Waals surface area contributed by atoms with Crippen molar-refractivity contribution in [1.29, 1.82) is 0 Å². The third-order valence-electron chi connectivity index (χ3n) is 3.25. The second-order valence-corrected chi connectivity index (χ2v) is 7.21. The summed E-state index contributed by atoms with van der Waals surface area (Å²) in [5.41, 5.74) is 1.71. The Morgan fingerprint density at radius 2 is 2.00 bits per heavy atom. The minimum atomic E-state index is -3.84. The molecule has 1 aliphatic carbocycles. The van der Waals surface area contributed by atoms with Crippen LogP contribution >= 0.6 is 11.3 Å². The van der Waals surface area contributed by atoms with E-state index in [1.54, 1.807) is 29.5 Å². The smallest absolute Gasteiger partial charge is 0.264 e. The molecule has 3 rings (SSSR count). The van der Waals surface area contributed by atoms with Gasteiger partial charge in [-0.2, -0.15) is 8.42 Å². The fourth-order valence-corrected chi connectivity index (χ4v) is 3.99. The molecule has 0 spiro atoms. The second-order valence-electron chi connectivity index (χ2n) is 4.68. The topological polar surface area (TPSA) is 55.7 Å². The van der Waals surface area contributed by atoms with Crippen LogP contribution in [0.3, 0.4) is 0 Å². The van der Waals surface area contributed by atoms with Gasteiger partial charge in [-0.25, -0.2) is 0 Å². The maximum absolute atomic E-state index is 12.0. The highest BCUT2D eigenvalue weighted by Crippen LogP contribution is 2.31. The zero-order valence-electron chi connectivity index (χ0n) is 10.8. The summed E-state index contributed by atoms with van der Waals surface area (Å²) in [6.07, 6.45) is 0.889. The molecule has 1 aromatic heterocycles. The molecule has 1 aromatic carbocycles. The van der Waals surface area contributed by atoms with Gasteiger partial charge in [0.05, 0.1) is 5.71 Å². The molecule has 104 valence electrons. The SMILES string of the molecule is CC1Cc2sccc2/C1=N/OS(=O)(=O)c1ccccc1. The summed E-state index contributed by atoms with van der Waals surface area (Å²) in [4.78, 5) is 1.34. The molecule has 1 heterocycles. The number of rotatable bonds is 3. The van der Waals surface area contributed by atoms with Crippen LogP contribution in [0.2, 0.25) is 0 Å². The molecule has 1 unspecified atom stereocenters. The molecule has 1 atom stereocenters. The third kappa shape index (κ3) is 2.36. The lowest BCUT2D eigenvalue weighted by atomic mass is 10.1. The summed E-state index contributed by atoms with van der Waals surface area (Å²) < 4.78 is 28.9. The van der Waals surface area contributed by atoms with Crippen molar-refractivity contribution in [3.63, 3.8) is 0 Å². The molecule has 4 nitrogen and oxygen atoms in total. The van der Waals surface area contributed by atoms with Gasteiger partial charge in [-0.3, -0.25) is 4.28 Å². The Bertz CT molecular complexity index is 748. The van der Waals surface area contributed by atoms with Crippen molar-refractivity contribution in [1.82, 2.24) is 0 Å². The van der Waals surface area contributed by atoms with Gasteiger partial charge in [0.1, 0.15) is 4.90 Å². The highest BCUT2D eigenvalue weighted by Gasteiger charge is 2.28. The summed E-state index contributed by atoms with van der Waals surface area (Å²) in [7, 11) is -3.84. The molecule has 0 N–H and O–H groups in total. The van der Waals surface area contributed by atoms with Crippen molar-refractivity contribution in [2.24, 2.45) is 11.1 Å². The zero-order valence-corrected chi connectivity index (χ0v) is 12.4. The first kappa shape index (κ1) is 13.3. The molecular formula is C14H13NO3S2. The number of thiophene rings is 1. The van der Waals surface area contributed by atoms with Crippen LogP contribution in [-0.4, -0.2) is 14.1 Å². The van der Waals surface area contributed by atoms with Crippen LogP contribution in [0.1, 0.15) is 17.4 Å². The summed E-state index contributed by atoms with van der Waals surface area (Å²) in [6, 6.07) is 9.99. The minimum Gasteiger partial charge on any atom is -0.264 e. The third-order valence-corrected chi connectivity index (χ3v) is 5.31. The van der Waals surface area contributed by atoms with Crippen molar-refractivity contribution in [2.45, 2.75) is 18.2 Å². The fraction of sp³-hybridized carbons (Fsp3) is 0.214. The van der Waals surface area contributed by atoms with Gasteiger partial charge < -0.3 is 0 Å². The molecule has 20 heavy (non-hydrogen) atoms. The van der Waals surface area contributed by atoms with E-state index < -0.39 is 10.1 Å². The maximum atomic E-state index is 12.0. The average Bonchev–Trinajstić information content (AvgIpc) is 2.98. The molecule has 0 bridgehead atoms. The predicted octanol–water partition coefficient (Wildman–Crippen LogP) is 3.05. The monoisotopic (exact) mass is 307 g/mol. The Morgan fingerprint density at radius 3 is 2.75 bits per heavy atom. The second kappa shape index (κ2) is 5.03. The lowest BCUT2D eigenvalue weighted by Gasteiger charge is -2.05. The number of fused-ring (bicyclic) bond motifs is 1. The quantitative estimate of drug-likeness (QED) is 0.819. The van der Waals surface area contributed by atoms with Crippen molar-refractivity contribution >= 4 is 27.2 Å². The van der Waals surface area contributed by atoms with E-state index in [9.17, 15) is 8.42 Å². The number of oxime groups is 1. The standard InChI is InChI=1S/C14H13NO3S2/c1-10-9-13-12(7-8-19-13)14(10)15-18-20(16,17)11-5-3-2-4-6-11/h2-8,10H,9H2,1H3/b15-14+. The van der Waals surface area contributed by atoms with Crippen molar-refractivity contribution in [3.8, 4) is 0 Å². The van der Waals surface area contributed by atoms with Crippen molar-refractivity contribution in [3.05, 3.63) is 52.2 Å². The average molecular weight is 307 g/mol. The Balaban J connectivity index is 1.88. The molecular weight excluding hydrogens is 294 g/mol. The van der Waals surface area contributed by atoms with Crippen LogP contribution in [0, 0.1) is 5.92 Å². The van der Waals surface area contributed by atoms with Gasteiger partial charge in [0.15, 0.2) is 0 Å². The van der Waals surface area contributed by atoms with Crippen LogP contribution < -0.4 is 0 Å². The van der Waals surface area contributed by atoms with Crippen molar-refractivity contribution < 1.29 is 12.7 Å². The van der Waals surface area contributed by atoms with Gasteiger partial charge in [-0.05, 0) is 30.0 Å². The molecule has 0 radical (unpaired) electrons. The van der Waals surface area contributed by atoms with Crippen LogP contribution in [0.5, 0.6) is 0 Å². The lowest BCUT2D eigenvalue weighted by molar-refractivity contribution is 0.336. The first-order valence-corrected chi connectivity index (χ1v) is 8.50. The van der Waals surface area contributed by atoms with E-state index in [0.717, 1.165) is 12.0 Å². The van der Waals surface area contributed by atoms with E-state index in [4.69, 9.17) is 4.28 Å². The van der Waals surface area contributed by atoms with Crippen LogP contribution in [0.15, 0.2) is 51.8 Å². The zero-order chi connectivity index (χ0) is 14.2. The highest BCUT2D eigenvalue weighted by molar-refractivity contribution is 7.86. The van der Waals surface area contributed by atoms with E-state index in [-0.39, 0.29) is 10.8 Å². The van der Waals surface area contributed by atoms with Crippen LogP contribution in [0.25, 0.3) is 0 Å². The largest absolute Gasteiger partial charge is 0.358 e. The van der Waals surface area contributed by atoms with Gasteiger partial charge in [-0.15, -0.1) is 11.3 Å². The molecule has 0 aliphatic heterocycles. The Kier molecular flexibility index (Phi) is 3.35. The van der Waals surface area contributed by atoms with Gasteiger partial charge in [0, 0.05) is 16.4 Å². The van der Waals surface area contributed by atoms with Gasteiger partial charge in [0.25, 0.3) is 0 Å². The molecule has 0 fully saturated rings. The van der Waals surface area contributed by atoms with E-state index in [1.807, 2.05) is 18.4 Å². The van der Waals surface area contributed by atoms with E-state index >= 15 is 0 Å². The maximum Gasteiger partial charge on any atom is 0.358 e. The fourth-order valence-electron chi connectivity index (χ4n) is 2.23. The predicted molar refractivity (Wildman–Crippen MR) is 78.4 cm³/mol. The Labute approximate surface area is 121 Å². The minimum absolute atomic E-state index is 0.112. The lowest BCUT2D eigenvalue weighted by Crippen LogP contribution is -2.10. The van der Waals surface area contributed by atoms with E-state index in [2.05, 4.69) is 5.16 Å². The normalized spacial score (nSPS) is 20.1. The van der Waals surface area contributed by atoms with Gasteiger partial charge >= 0.3 is 10.1 Å². The summed E-state index contributed by atoms with van der Waals surface area (Å²) in [6.45, 7) is 2.02. The number of hydrogen-bond acceptors (Lipinski definition) is 5. The Morgan fingerprint density at radius 1 is 1.25 bits per heavy atom. The molecule has 2 aromatic rings. The summed E-state index contributed by atoms with van der Waals surface area (Å²) in [5, 5.41) is 5.89. The van der Waals surface area contributed by atoms with Gasteiger partial charge in [0.2, 0.25) is 0 Å². The highest BCUT2D eigenvalue weighted by atomic mass is 32.2. The summed E-state index contributed by atoms with van der Waals surface area (Å²) in [5.74, 6) is 0.184. The molecule has 0 saturated carbocycles. The van der Waals surface area contributed by atoms with Crippen LogP contribution in [-0.2, 0) is 20.8 Å². The first-order chi connectivity index (χ1) is 9.58. The molecule has 1 aliphatic rings.